The first-order valence-electron chi connectivity index (χ1n) is 10.00. The smallest absolute Gasteiger partial charge is 0.254 e. The van der Waals surface area contributed by atoms with E-state index in [1.807, 2.05) is 24.3 Å². The molecule has 4 heterocycles. The first kappa shape index (κ1) is 18.7. The number of carbonyl (C=O) groups excluding carboxylic acids is 1. The number of imidazole rings is 1. The molecule has 1 aromatic heterocycles. The first-order valence-corrected chi connectivity index (χ1v) is 10.00. The molecule has 0 radical (unpaired) electrons. The zero-order valence-electron chi connectivity index (χ0n) is 16.4. The minimum absolute atomic E-state index is 0.108. The van der Waals surface area contributed by atoms with E-state index in [2.05, 4.69) is 33.3 Å². The summed E-state index contributed by atoms with van der Waals surface area (Å²) in [4.78, 5) is 25.4. The van der Waals surface area contributed by atoms with Crippen molar-refractivity contribution in [3.05, 3.63) is 60.2 Å². The molecule has 0 saturated carbocycles. The van der Waals surface area contributed by atoms with E-state index in [1.165, 1.54) is 6.42 Å². The molecule has 28 heavy (non-hydrogen) atoms. The number of carbonyl (C=O) groups is 1. The van der Waals surface area contributed by atoms with Gasteiger partial charge in [-0.25, -0.2) is 4.98 Å². The Balaban J connectivity index is 1.48. The van der Waals surface area contributed by atoms with Crippen LogP contribution < -0.4 is 4.74 Å². The number of fused-ring (bicyclic) bond motifs is 4. The van der Waals surface area contributed by atoms with E-state index >= 15 is 0 Å². The van der Waals surface area contributed by atoms with Crippen molar-refractivity contribution in [2.75, 3.05) is 26.2 Å². The summed E-state index contributed by atoms with van der Waals surface area (Å²) >= 11 is 0. The summed E-state index contributed by atoms with van der Waals surface area (Å²) < 4.78 is 5.60. The molecule has 5 rings (SSSR count). The van der Waals surface area contributed by atoms with Gasteiger partial charge in [-0.1, -0.05) is 18.7 Å². The largest absolute Gasteiger partial charge is 0.490 e. The Kier molecular flexibility index (Phi) is 5.48. The standard InChI is InChI=1S/C22H28N4O2/c1-3-9-28-20-6-4-5-18(10-20)22(27)26-12-17-7-8-19(26)13-25(11-17)14-21-16(2)23-15-24-21/h3-6,10,15,17,19H,1,7-9,11-14H2,2H3,(H,23,24)/t17-,19+/m1/s1. The monoisotopic (exact) mass is 380 g/mol. The van der Waals surface area contributed by atoms with Gasteiger partial charge < -0.3 is 14.6 Å². The number of aromatic amines is 1. The number of rotatable bonds is 6. The van der Waals surface area contributed by atoms with E-state index in [0.717, 1.165) is 44.0 Å². The summed E-state index contributed by atoms with van der Waals surface area (Å²) in [6.07, 6.45) is 5.72. The number of aromatic nitrogens is 2. The van der Waals surface area contributed by atoms with Gasteiger partial charge in [-0.15, -0.1) is 0 Å². The number of aryl methyl sites for hydroxylation is 1. The van der Waals surface area contributed by atoms with Crippen LogP contribution in [0.1, 0.15) is 34.6 Å². The lowest BCUT2D eigenvalue weighted by atomic mass is 9.94. The number of H-pyrrole nitrogens is 1. The lowest BCUT2D eigenvalue weighted by Gasteiger charge is -2.36. The number of ether oxygens (including phenoxy) is 1. The van der Waals surface area contributed by atoms with Gasteiger partial charge in [0.15, 0.2) is 0 Å². The normalized spacial score (nSPS) is 22.1. The van der Waals surface area contributed by atoms with Crippen molar-refractivity contribution >= 4 is 5.91 Å². The van der Waals surface area contributed by atoms with Crippen LogP contribution in [-0.4, -0.2) is 58.0 Å². The van der Waals surface area contributed by atoms with E-state index in [0.29, 0.717) is 23.8 Å². The highest BCUT2D eigenvalue weighted by Gasteiger charge is 2.37. The van der Waals surface area contributed by atoms with E-state index in [1.54, 1.807) is 12.4 Å². The second-order valence-corrected chi connectivity index (χ2v) is 7.85. The van der Waals surface area contributed by atoms with Crippen molar-refractivity contribution in [1.82, 2.24) is 19.8 Å². The number of hydrogen-bond acceptors (Lipinski definition) is 4. The molecule has 0 spiro atoms. The summed E-state index contributed by atoms with van der Waals surface area (Å²) in [6, 6.07) is 7.74. The van der Waals surface area contributed by atoms with Crippen molar-refractivity contribution in [3.63, 3.8) is 0 Å². The van der Waals surface area contributed by atoms with Crippen LogP contribution in [-0.2, 0) is 6.54 Å². The van der Waals surface area contributed by atoms with Gasteiger partial charge in [0.2, 0.25) is 0 Å². The Bertz CT molecular complexity index is 847. The van der Waals surface area contributed by atoms with Gasteiger partial charge >= 0.3 is 0 Å². The molecular formula is C22H28N4O2. The highest BCUT2D eigenvalue weighted by atomic mass is 16.5. The molecule has 3 aliphatic rings. The van der Waals surface area contributed by atoms with E-state index in [4.69, 9.17) is 4.74 Å². The summed E-state index contributed by atoms with van der Waals surface area (Å²) in [5.74, 6) is 1.33. The van der Waals surface area contributed by atoms with Crippen molar-refractivity contribution in [2.24, 2.45) is 5.92 Å². The van der Waals surface area contributed by atoms with Crippen molar-refractivity contribution in [2.45, 2.75) is 32.4 Å². The Morgan fingerprint density at radius 3 is 3.04 bits per heavy atom. The molecule has 6 heteroatoms. The molecule has 0 aliphatic carbocycles. The fourth-order valence-corrected chi connectivity index (χ4v) is 4.36. The number of piperidine rings is 1. The van der Waals surface area contributed by atoms with Gasteiger partial charge in [-0.05, 0) is 43.9 Å². The molecule has 2 atom stereocenters. The number of hydrogen-bond donors (Lipinski definition) is 1. The highest BCUT2D eigenvalue weighted by molar-refractivity contribution is 5.95. The van der Waals surface area contributed by atoms with Crippen LogP contribution >= 0.6 is 0 Å². The Hall–Kier alpha value is -2.60. The van der Waals surface area contributed by atoms with Crippen LogP contribution in [0.4, 0.5) is 0 Å². The van der Waals surface area contributed by atoms with Gasteiger partial charge in [-0.3, -0.25) is 9.69 Å². The molecule has 3 fully saturated rings. The SMILES string of the molecule is C=CCOc1cccc(C(=O)N2C[C@@H]3CC[C@H]2CN(Cc2nc[nH]c2C)C3)c1. The first-order chi connectivity index (χ1) is 13.6. The molecule has 0 unspecified atom stereocenters. The second-order valence-electron chi connectivity index (χ2n) is 7.85. The van der Waals surface area contributed by atoms with Gasteiger partial charge in [0.25, 0.3) is 5.91 Å². The molecular weight excluding hydrogens is 352 g/mol. The summed E-state index contributed by atoms with van der Waals surface area (Å²) in [5, 5.41) is 0. The molecule has 6 nitrogen and oxygen atoms in total. The molecule has 3 saturated heterocycles. The Morgan fingerprint density at radius 1 is 1.36 bits per heavy atom. The molecule has 1 N–H and O–H groups in total. The Labute approximate surface area is 166 Å². The van der Waals surface area contributed by atoms with E-state index < -0.39 is 0 Å². The zero-order chi connectivity index (χ0) is 19.5. The van der Waals surface area contributed by atoms with Crippen LogP contribution in [0.5, 0.6) is 5.75 Å². The van der Waals surface area contributed by atoms with Gasteiger partial charge in [0.05, 0.1) is 12.0 Å². The molecule has 2 aromatic rings. The molecule has 3 aliphatic heterocycles. The number of benzene rings is 1. The Morgan fingerprint density at radius 2 is 2.25 bits per heavy atom. The zero-order valence-corrected chi connectivity index (χ0v) is 16.4. The van der Waals surface area contributed by atoms with Crippen LogP contribution in [0.3, 0.4) is 0 Å². The highest BCUT2D eigenvalue weighted by Crippen LogP contribution is 2.30. The minimum atomic E-state index is 0.108. The third-order valence-electron chi connectivity index (χ3n) is 5.81. The second kappa shape index (κ2) is 8.19. The van der Waals surface area contributed by atoms with Crippen molar-refractivity contribution < 1.29 is 9.53 Å². The van der Waals surface area contributed by atoms with Crippen LogP contribution in [0.2, 0.25) is 0 Å². The topological polar surface area (TPSA) is 61.5 Å². The van der Waals surface area contributed by atoms with Crippen LogP contribution in [0.25, 0.3) is 0 Å². The quantitative estimate of drug-likeness (QED) is 0.783. The summed E-state index contributed by atoms with van der Waals surface area (Å²) in [5.41, 5.74) is 2.93. The average molecular weight is 380 g/mol. The van der Waals surface area contributed by atoms with Crippen LogP contribution in [0, 0.1) is 12.8 Å². The fourth-order valence-electron chi connectivity index (χ4n) is 4.36. The molecule has 1 amide bonds. The van der Waals surface area contributed by atoms with Crippen molar-refractivity contribution in [3.8, 4) is 5.75 Å². The number of nitrogens with zero attached hydrogens (tertiary/aromatic N) is 3. The maximum absolute atomic E-state index is 13.3. The maximum atomic E-state index is 13.3. The van der Waals surface area contributed by atoms with Crippen LogP contribution in [0.15, 0.2) is 43.2 Å². The van der Waals surface area contributed by atoms with Gasteiger partial charge in [0, 0.05) is 43.5 Å². The number of nitrogens with one attached hydrogen (secondary N) is 1. The van der Waals surface area contributed by atoms with E-state index in [-0.39, 0.29) is 11.9 Å². The number of amides is 1. The van der Waals surface area contributed by atoms with Crippen molar-refractivity contribution in [1.29, 1.82) is 0 Å². The lowest BCUT2D eigenvalue weighted by molar-refractivity contribution is 0.0584. The maximum Gasteiger partial charge on any atom is 0.254 e. The average Bonchev–Trinajstić information content (AvgIpc) is 2.92. The van der Waals surface area contributed by atoms with E-state index in [9.17, 15) is 4.79 Å². The van der Waals surface area contributed by atoms with Gasteiger partial charge in [0.1, 0.15) is 12.4 Å². The third kappa shape index (κ3) is 3.97. The predicted octanol–water partition coefficient (Wildman–Crippen LogP) is 3.02. The molecule has 148 valence electrons. The summed E-state index contributed by atoms with van der Waals surface area (Å²) in [7, 11) is 0. The third-order valence-corrected chi connectivity index (χ3v) is 5.81. The lowest BCUT2D eigenvalue weighted by Crippen LogP contribution is -2.47. The molecule has 1 aromatic carbocycles. The summed E-state index contributed by atoms with van der Waals surface area (Å²) in [6.45, 7) is 9.77. The van der Waals surface area contributed by atoms with Gasteiger partial charge in [-0.2, -0.15) is 0 Å². The predicted molar refractivity (Wildman–Crippen MR) is 108 cm³/mol. The minimum Gasteiger partial charge on any atom is -0.490 e. The fraction of sp³-hybridized carbons (Fsp3) is 0.455. The molecule has 2 bridgehead atoms.